The zero-order valence-corrected chi connectivity index (χ0v) is 14.3. The molecule has 0 saturated heterocycles. The van der Waals surface area contributed by atoms with Crippen molar-refractivity contribution in [1.29, 1.82) is 5.26 Å². The van der Waals surface area contributed by atoms with E-state index in [2.05, 4.69) is 11.4 Å². The van der Waals surface area contributed by atoms with Crippen molar-refractivity contribution < 1.29 is 8.42 Å². The van der Waals surface area contributed by atoms with Gasteiger partial charge in [-0.25, -0.2) is 12.7 Å². The molecule has 1 aromatic heterocycles. The smallest absolute Gasteiger partial charge is 0.242 e. The third-order valence-corrected chi connectivity index (χ3v) is 5.97. The molecular weight excluding hydrogens is 318 g/mol. The highest BCUT2D eigenvalue weighted by molar-refractivity contribution is 7.89. The van der Waals surface area contributed by atoms with E-state index < -0.39 is 10.0 Å². The molecule has 0 amide bonds. The first-order valence-corrected chi connectivity index (χ1v) is 8.91. The Bertz CT molecular complexity index is 818. The topological polar surface area (TPSA) is 73.2 Å². The Kier molecular flexibility index (Phi) is 4.86. The first-order chi connectivity index (χ1) is 10.3. The van der Waals surface area contributed by atoms with E-state index in [4.69, 9.17) is 5.26 Å². The minimum atomic E-state index is -3.45. The molecule has 7 heteroatoms. The first kappa shape index (κ1) is 16.5. The number of nitrogens with one attached hydrogen (secondary N) is 1. The largest absolute Gasteiger partial charge is 0.380 e. The summed E-state index contributed by atoms with van der Waals surface area (Å²) in [7, 11) is -0.424. The molecule has 0 radical (unpaired) electrons. The summed E-state index contributed by atoms with van der Waals surface area (Å²) in [6.45, 7) is 2.47. The maximum Gasteiger partial charge on any atom is 0.242 e. The zero-order chi connectivity index (χ0) is 16.3. The van der Waals surface area contributed by atoms with Crippen molar-refractivity contribution in [2.45, 2.75) is 18.4 Å². The number of hydrogen-bond acceptors (Lipinski definition) is 5. The van der Waals surface area contributed by atoms with Crippen LogP contribution in [0, 0.1) is 18.3 Å². The Balaban J connectivity index is 2.22. The van der Waals surface area contributed by atoms with Crippen LogP contribution in [0.4, 0.5) is 5.69 Å². The number of benzene rings is 1. The van der Waals surface area contributed by atoms with E-state index in [1.165, 1.54) is 29.7 Å². The van der Waals surface area contributed by atoms with Gasteiger partial charge >= 0.3 is 0 Å². The van der Waals surface area contributed by atoms with Gasteiger partial charge < -0.3 is 5.32 Å². The van der Waals surface area contributed by atoms with Crippen molar-refractivity contribution in [3.63, 3.8) is 0 Å². The highest BCUT2D eigenvalue weighted by atomic mass is 32.2. The minimum absolute atomic E-state index is 0.259. The summed E-state index contributed by atoms with van der Waals surface area (Å²) >= 11 is 1.50. The lowest BCUT2D eigenvalue weighted by Crippen LogP contribution is -2.22. The van der Waals surface area contributed by atoms with Crippen LogP contribution in [-0.4, -0.2) is 26.8 Å². The summed E-state index contributed by atoms with van der Waals surface area (Å²) in [5.41, 5.74) is 2.38. The number of hydrogen-bond donors (Lipinski definition) is 1. The molecule has 22 heavy (non-hydrogen) atoms. The van der Waals surface area contributed by atoms with Crippen molar-refractivity contribution in [2.75, 3.05) is 19.4 Å². The van der Waals surface area contributed by atoms with Crippen LogP contribution in [0.25, 0.3) is 0 Å². The molecular formula is C15H17N3O2S2. The summed E-state index contributed by atoms with van der Waals surface area (Å²) in [4.78, 5) is 1.28. The maximum atomic E-state index is 12.2. The van der Waals surface area contributed by atoms with Gasteiger partial charge in [0.05, 0.1) is 10.5 Å². The van der Waals surface area contributed by atoms with E-state index in [0.29, 0.717) is 12.1 Å². The Labute approximate surface area is 134 Å². The molecule has 116 valence electrons. The predicted octanol–water partition coefficient (Wildman–Crippen LogP) is 2.79. The average Bonchev–Trinajstić information content (AvgIpc) is 2.94. The number of rotatable bonds is 5. The molecule has 0 aliphatic carbocycles. The van der Waals surface area contributed by atoms with E-state index in [0.717, 1.165) is 16.1 Å². The Morgan fingerprint density at radius 1 is 1.32 bits per heavy atom. The lowest BCUT2D eigenvalue weighted by molar-refractivity contribution is 0.521. The molecule has 0 atom stereocenters. The molecule has 5 nitrogen and oxygen atoms in total. The molecule has 1 N–H and O–H groups in total. The SMILES string of the molecule is Cc1ccc(S(=O)(=O)N(C)C)cc1NCc1cc(C#N)cs1. The van der Waals surface area contributed by atoms with Crippen LogP contribution in [0.3, 0.4) is 0 Å². The van der Waals surface area contributed by atoms with Crippen LogP contribution in [0.5, 0.6) is 0 Å². The fourth-order valence-corrected chi connectivity index (χ4v) is 3.56. The molecule has 0 unspecified atom stereocenters. The average molecular weight is 335 g/mol. The van der Waals surface area contributed by atoms with Crippen molar-refractivity contribution >= 4 is 27.0 Å². The monoisotopic (exact) mass is 335 g/mol. The number of nitriles is 1. The van der Waals surface area contributed by atoms with Gasteiger partial charge in [0.1, 0.15) is 6.07 Å². The minimum Gasteiger partial charge on any atom is -0.380 e. The molecule has 0 fully saturated rings. The molecule has 0 aliphatic heterocycles. The summed E-state index contributed by atoms with van der Waals surface area (Å²) in [6.07, 6.45) is 0. The highest BCUT2D eigenvalue weighted by Crippen LogP contribution is 2.23. The van der Waals surface area contributed by atoms with Crippen LogP contribution in [0.15, 0.2) is 34.5 Å². The zero-order valence-electron chi connectivity index (χ0n) is 12.6. The molecule has 0 bridgehead atoms. The van der Waals surface area contributed by atoms with Gasteiger partial charge in [-0.15, -0.1) is 11.3 Å². The number of nitrogens with zero attached hydrogens (tertiary/aromatic N) is 2. The molecule has 0 spiro atoms. The molecule has 1 aromatic carbocycles. The fourth-order valence-electron chi connectivity index (χ4n) is 1.88. The van der Waals surface area contributed by atoms with Crippen LogP contribution < -0.4 is 5.32 Å². The standard InChI is InChI=1S/C15H17N3O2S2/c1-11-4-5-14(22(19,20)18(2)3)7-15(11)17-9-13-6-12(8-16)10-21-13/h4-7,10,17H,9H2,1-3H3. The molecule has 2 aromatic rings. The lowest BCUT2D eigenvalue weighted by atomic mass is 10.2. The van der Waals surface area contributed by atoms with Crippen LogP contribution in [-0.2, 0) is 16.6 Å². The first-order valence-electron chi connectivity index (χ1n) is 6.59. The van der Waals surface area contributed by atoms with E-state index in [-0.39, 0.29) is 4.90 Å². The number of sulfonamides is 1. The van der Waals surface area contributed by atoms with Gasteiger partial charge in [0.2, 0.25) is 10.0 Å². The van der Waals surface area contributed by atoms with E-state index in [9.17, 15) is 8.42 Å². The van der Waals surface area contributed by atoms with Gasteiger partial charge in [0, 0.05) is 36.6 Å². The van der Waals surface area contributed by atoms with E-state index >= 15 is 0 Å². The van der Waals surface area contributed by atoms with Crippen LogP contribution >= 0.6 is 11.3 Å². The Morgan fingerprint density at radius 2 is 2.05 bits per heavy atom. The number of aryl methyl sites for hydroxylation is 1. The van der Waals surface area contributed by atoms with Gasteiger partial charge in [0.25, 0.3) is 0 Å². The maximum absolute atomic E-state index is 12.2. The second-order valence-electron chi connectivity index (χ2n) is 5.03. The third-order valence-electron chi connectivity index (χ3n) is 3.22. The normalized spacial score (nSPS) is 11.4. The Morgan fingerprint density at radius 3 is 2.64 bits per heavy atom. The quantitative estimate of drug-likeness (QED) is 0.912. The van der Waals surface area contributed by atoms with E-state index in [1.807, 2.05) is 13.0 Å². The van der Waals surface area contributed by atoms with Gasteiger partial charge in [-0.1, -0.05) is 6.07 Å². The second kappa shape index (κ2) is 6.48. The van der Waals surface area contributed by atoms with Gasteiger partial charge in [-0.05, 0) is 30.7 Å². The molecule has 0 saturated carbocycles. The van der Waals surface area contributed by atoms with Crippen molar-refractivity contribution in [3.05, 3.63) is 45.6 Å². The fraction of sp³-hybridized carbons (Fsp3) is 0.267. The summed E-state index contributed by atoms with van der Waals surface area (Å²) in [5.74, 6) is 0. The Hall–Kier alpha value is -1.88. The molecule has 0 aliphatic rings. The highest BCUT2D eigenvalue weighted by Gasteiger charge is 2.18. The third kappa shape index (κ3) is 3.47. The number of anilines is 1. The van der Waals surface area contributed by atoms with Crippen LogP contribution in [0.1, 0.15) is 16.0 Å². The van der Waals surface area contributed by atoms with Gasteiger partial charge in [0.15, 0.2) is 0 Å². The van der Waals surface area contributed by atoms with Crippen molar-refractivity contribution in [2.24, 2.45) is 0 Å². The summed E-state index contributed by atoms with van der Waals surface area (Å²) in [5, 5.41) is 13.9. The van der Waals surface area contributed by atoms with Crippen molar-refractivity contribution in [3.8, 4) is 6.07 Å². The van der Waals surface area contributed by atoms with Gasteiger partial charge in [-0.2, -0.15) is 5.26 Å². The number of thiophene rings is 1. The molecule has 2 rings (SSSR count). The summed E-state index contributed by atoms with van der Waals surface area (Å²) < 4.78 is 25.5. The molecule has 1 heterocycles. The van der Waals surface area contributed by atoms with Crippen LogP contribution in [0.2, 0.25) is 0 Å². The summed E-state index contributed by atoms with van der Waals surface area (Å²) in [6, 6.07) is 8.96. The predicted molar refractivity (Wildman–Crippen MR) is 88.4 cm³/mol. The van der Waals surface area contributed by atoms with Crippen molar-refractivity contribution in [1.82, 2.24) is 4.31 Å². The second-order valence-corrected chi connectivity index (χ2v) is 8.18. The lowest BCUT2D eigenvalue weighted by Gasteiger charge is -2.14. The van der Waals surface area contributed by atoms with E-state index in [1.54, 1.807) is 23.6 Å². The van der Waals surface area contributed by atoms with Gasteiger partial charge in [-0.3, -0.25) is 0 Å².